The number of halogens is 2. The largest absolute Gasteiger partial charge is 0.479 e. The molecule has 154 valence electrons. The fourth-order valence-corrected chi connectivity index (χ4v) is 3.33. The van der Waals surface area contributed by atoms with Gasteiger partial charge in [-0.1, -0.05) is 23.2 Å². The highest BCUT2D eigenvalue weighted by Crippen LogP contribution is 2.28. The Labute approximate surface area is 179 Å². The van der Waals surface area contributed by atoms with E-state index in [4.69, 9.17) is 32.7 Å². The number of anilines is 1. The Bertz CT molecular complexity index is 867. The Kier molecular flexibility index (Phi) is 7.36. The molecule has 0 aromatic heterocycles. The van der Waals surface area contributed by atoms with E-state index in [9.17, 15) is 9.59 Å². The van der Waals surface area contributed by atoms with Crippen LogP contribution in [-0.2, 0) is 9.53 Å². The molecule has 0 spiro atoms. The molecule has 2 atom stereocenters. The van der Waals surface area contributed by atoms with Crippen molar-refractivity contribution in [1.82, 2.24) is 5.32 Å². The van der Waals surface area contributed by atoms with Gasteiger partial charge in [0.15, 0.2) is 6.10 Å². The summed E-state index contributed by atoms with van der Waals surface area (Å²) in [7, 11) is 0. The molecule has 2 unspecified atom stereocenters. The maximum Gasteiger partial charge on any atom is 0.265 e. The topological polar surface area (TPSA) is 76.7 Å². The standard InChI is InChI=1S/C21H22Cl2N2O4/c1-13(29-19-9-6-15(22)11-18(19)23)20(26)25-16-7-4-14(5-8-16)21(27)24-12-17-3-2-10-28-17/h4-9,11,13,17H,2-3,10,12H2,1H3,(H,24,27)(H,25,26). The zero-order chi connectivity index (χ0) is 20.8. The molecule has 0 aliphatic carbocycles. The summed E-state index contributed by atoms with van der Waals surface area (Å²) in [5.41, 5.74) is 1.07. The molecule has 29 heavy (non-hydrogen) atoms. The van der Waals surface area contributed by atoms with E-state index in [0.717, 1.165) is 19.4 Å². The van der Waals surface area contributed by atoms with Crippen LogP contribution in [0.1, 0.15) is 30.1 Å². The van der Waals surface area contributed by atoms with Crippen molar-refractivity contribution in [3.05, 3.63) is 58.1 Å². The Morgan fingerprint density at radius 2 is 1.97 bits per heavy atom. The first-order chi connectivity index (χ1) is 13.9. The molecule has 0 bridgehead atoms. The summed E-state index contributed by atoms with van der Waals surface area (Å²) < 4.78 is 11.1. The highest BCUT2D eigenvalue weighted by atomic mass is 35.5. The molecule has 1 heterocycles. The third kappa shape index (κ3) is 6.10. The lowest BCUT2D eigenvalue weighted by molar-refractivity contribution is -0.122. The summed E-state index contributed by atoms with van der Waals surface area (Å²) in [6.45, 7) is 2.87. The van der Waals surface area contributed by atoms with Crippen molar-refractivity contribution in [3.63, 3.8) is 0 Å². The van der Waals surface area contributed by atoms with Crippen molar-refractivity contribution in [2.75, 3.05) is 18.5 Å². The van der Waals surface area contributed by atoms with Gasteiger partial charge in [-0.05, 0) is 62.2 Å². The summed E-state index contributed by atoms with van der Waals surface area (Å²) in [4.78, 5) is 24.6. The van der Waals surface area contributed by atoms with Crippen molar-refractivity contribution < 1.29 is 19.1 Å². The van der Waals surface area contributed by atoms with E-state index in [1.165, 1.54) is 0 Å². The number of carbonyl (C=O) groups is 2. The summed E-state index contributed by atoms with van der Waals surface area (Å²) in [6.07, 6.45) is 1.31. The van der Waals surface area contributed by atoms with Crippen LogP contribution in [0.2, 0.25) is 10.0 Å². The maximum atomic E-state index is 12.4. The molecular formula is C21H22Cl2N2O4. The van der Waals surface area contributed by atoms with Crippen LogP contribution in [0, 0.1) is 0 Å². The van der Waals surface area contributed by atoms with Crippen molar-refractivity contribution in [2.45, 2.75) is 32.0 Å². The van der Waals surface area contributed by atoms with Gasteiger partial charge in [-0.25, -0.2) is 0 Å². The molecule has 1 aliphatic heterocycles. The number of benzene rings is 2. The lowest BCUT2D eigenvalue weighted by Gasteiger charge is -2.16. The van der Waals surface area contributed by atoms with E-state index in [0.29, 0.717) is 33.6 Å². The SMILES string of the molecule is CC(Oc1ccc(Cl)cc1Cl)C(=O)Nc1ccc(C(=O)NCC2CCCO2)cc1. The molecular weight excluding hydrogens is 415 g/mol. The predicted molar refractivity (Wildman–Crippen MR) is 113 cm³/mol. The van der Waals surface area contributed by atoms with Gasteiger partial charge in [0.1, 0.15) is 5.75 Å². The molecule has 1 saturated heterocycles. The fraction of sp³-hybridized carbons (Fsp3) is 0.333. The number of ether oxygens (including phenoxy) is 2. The van der Waals surface area contributed by atoms with Gasteiger partial charge in [0.25, 0.3) is 11.8 Å². The van der Waals surface area contributed by atoms with Gasteiger partial charge in [0.2, 0.25) is 0 Å². The van der Waals surface area contributed by atoms with Crippen LogP contribution in [0.25, 0.3) is 0 Å². The molecule has 2 aromatic carbocycles. The third-order valence-electron chi connectivity index (χ3n) is 4.50. The van der Waals surface area contributed by atoms with E-state index in [-0.39, 0.29) is 17.9 Å². The van der Waals surface area contributed by atoms with Crippen molar-refractivity contribution in [3.8, 4) is 5.75 Å². The fourth-order valence-electron chi connectivity index (χ4n) is 2.88. The van der Waals surface area contributed by atoms with Gasteiger partial charge in [-0.2, -0.15) is 0 Å². The zero-order valence-electron chi connectivity index (χ0n) is 15.9. The number of nitrogens with one attached hydrogen (secondary N) is 2. The summed E-state index contributed by atoms with van der Waals surface area (Å²) in [6, 6.07) is 11.4. The Morgan fingerprint density at radius 3 is 2.62 bits per heavy atom. The normalized spacial score (nSPS) is 16.9. The zero-order valence-corrected chi connectivity index (χ0v) is 17.4. The van der Waals surface area contributed by atoms with Crippen molar-refractivity contribution in [1.29, 1.82) is 0 Å². The van der Waals surface area contributed by atoms with Gasteiger partial charge in [-0.3, -0.25) is 9.59 Å². The molecule has 1 aliphatic rings. The molecule has 2 N–H and O–H groups in total. The Hall–Kier alpha value is -2.28. The minimum Gasteiger partial charge on any atom is -0.479 e. The second-order valence-electron chi connectivity index (χ2n) is 6.75. The van der Waals surface area contributed by atoms with Crippen LogP contribution in [0.3, 0.4) is 0 Å². The van der Waals surface area contributed by atoms with E-state index in [2.05, 4.69) is 10.6 Å². The minimum atomic E-state index is -0.775. The lowest BCUT2D eigenvalue weighted by atomic mass is 10.1. The quantitative estimate of drug-likeness (QED) is 0.677. The van der Waals surface area contributed by atoms with Crippen LogP contribution in [0.5, 0.6) is 5.75 Å². The number of amides is 2. The van der Waals surface area contributed by atoms with Gasteiger partial charge in [0, 0.05) is 29.4 Å². The number of hydrogen-bond donors (Lipinski definition) is 2. The van der Waals surface area contributed by atoms with E-state index < -0.39 is 6.10 Å². The molecule has 0 saturated carbocycles. The van der Waals surface area contributed by atoms with Gasteiger partial charge in [-0.15, -0.1) is 0 Å². The smallest absolute Gasteiger partial charge is 0.265 e. The van der Waals surface area contributed by atoms with Crippen LogP contribution < -0.4 is 15.4 Å². The lowest BCUT2D eigenvalue weighted by Crippen LogP contribution is -2.32. The average Bonchev–Trinajstić information content (AvgIpc) is 3.22. The molecule has 0 radical (unpaired) electrons. The first-order valence-corrected chi connectivity index (χ1v) is 10.1. The second-order valence-corrected chi connectivity index (χ2v) is 7.59. The van der Waals surface area contributed by atoms with Gasteiger partial charge >= 0.3 is 0 Å². The summed E-state index contributed by atoms with van der Waals surface area (Å²) in [5.74, 6) is -0.143. The third-order valence-corrected chi connectivity index (χ3v) is 5.03. The van der Waals surface area contributed by atoms with Crippen molar-refractivity contribution in [2.24, 2.45) is 0 Å². The molecule has 2 amide bonds. The highest BCUT2D eigenvalue weighted by molar-refractivity contribution is 6.35. The predicted octanol–water partition coefficient (Wildman–Crippen LogP) is 4.31. The first kappa shape index (κ1) is 21.4. The van der Waals surface area contributed by atoms with Crippen LogP contribution in [0.15, 0.2) is 42.5 Å². The van der Waals surface area contributed by atoms with E-state index >= 15 is 0 Å². The number of rotatable bonds is 7. The molecule has 2 aromatic rings. The van der Waals surface area contributed by atoms with Gasteiger partial charge < -0.3 is 20.1 Å². The monoisotopic (exact) mass is 436 g/mol. The molecule has 8 heteroatoms. The maximum absolute atomic E-state index is 12.4. The van der Waals surface area contributed by atoms with Crippen LogP contribution >= 0.6 is 23.2 Å². The minimum absolute atomic E-state index is 0.0909. The Balaban J connectivity index is 1.51. The van der Waals surface area contributed by atoms with Crippen LogP contribution in [0.4, 0.5) is 5.69 Å². The number of hydrogen-bond acceptors (Lipinski definition) is 4. The van der Waals surface area contributed by atoms with Gasteiger partial charge in [0.05, 0.1) is 11.1 Å². The average molecular weight is 437 g/mol. The second kappa shape index (κ2) is 9.96. The van der Waals surface area contributed by atoms with Crippen LogP contribution in [-0.4, -0.2) is 37.2 Å². The summed E-state index contributed by atoms with van der Waals surface area (Å²) in [5, 5.41) is 6.43. The molecule has 3 rings (SSSR count). The first-order valence-electron chi connectivity index (χ1n) is 9.35. The molecule has 6 nitrogen and oxygen atoms in total. The van der Waals surface area contributed by atoms with E-state index in [1.807, 2.05) is 0 Å². The van der Waals surface area contributed by atoms with Crippen molar-refractivity contribution >= 4 is 40.7 Å². The molecule has 1 fully saturated rings. The number of carbonyl (C=O) groups excluding carboxylic acids is 2. The summed E-state index contributed by atoms with van der Waals surface area (Å²) >= 11 is 11.9. The van der Waals surface area contributed by atoms with E-state index in [1.54, 1.807) is 49.4 Å². The Morgan fingerprint density at radius 1 is 1.21 bits per heavy atom. The highest BCUT2D eigenvalue weighted by Gasteiger charge is 2.18.